The van der Waals surface area contributed by atoms with Crippen LogP contribution in [-0.4, -0.2) is 18.4 Å². The second-order valence-electron chi connectivity index (χ2n) is 15.1. The molecule has 0 nitrogen and oxygen atoms in total. The number of unbranched alkanes of at least 4 members (excludes halogenated alkanes) is 26. The summed E-state index contributed by atoms with van der Waals surface area (Å²) in [7, 11) is 0. The van der Waals surface area contributed by atoms with Gasteiger partial charge in [0.15, 0.2) is 0 Å². The Morgan fingerprint density at radius 1 is 0.244 bits per heavy atom. The molecular weight excluding hydrogens is 647 g/mol. The van der Waals surface area contributed by atoms with Crippen molar-refractivity contribution in [2.45, 2.75) is 251 Å². The zero-order valence-electron chi connectivity index (χ0n) is 32.3. The Morgan fingerprint density at radius 2 is 0.467 bits per heavy atom. The van der Waals surface area contributed by atoms with Gasteiger partial charge in [0.05, 0.1) is 0 Å². The van der Waals surface area contributed by atoms with E-state index in [0.717, 1.165) is 0 Å². The van der Waals surface area contributed by atoms with Gasteiger partial charge in [0.1, 0.15) is 0 Å². The Kier molecular flexibility index (Phi) is 39.0. The molecule has 0 aromatic carbocycles. The number of hydrogen-bond donors (Lipinski definition) is 0. The van der Waals surface area contributed by atoms with E-state index in [2.05, 4.69) is 52.0 Å². The van der Waals surface area contributed by atoms with E-state index in [1.54, 1.807) is 43.4 Å². The van der Waals surface area contributed by atoms with Crippen LogP contribution in [0.4, 0.5) is 0 Å². The van der Waals surface area contributed by atoms with Gasteiger partial charge in [-0.25, -0.2) is 0 Å². The molecule has 0 fully saturated rings. The van der Waals surface area contributed by atoms with Crippen LogP contribution in [0.1, 0.15) is 233 Å². The van der Waals surface area contributed by atoms with E-state index in [0.29, 0.717) is 0 Å². The van der Waals surface area contributed by atoms with Gasteiger partial charge in [-0.05, 0) is 0 Å². The molecule has 0 atom stereocenters. The fourth-order valence-corrected chi connectivity index (χ4v) is 23.6. The summed E-state index contributed by atoms with van der Waals surface area (Å²) in [6, 6.07) is 0. The minimum atomic E-state index is -1.96. The Labute approximate surface area is 292 Å². The summed E-state index contributed by atoms with van der Waals surface area (Å²) in [5.41, 5.74) is 0. The Morgan fingerprint density at radius 3 is 0.756 bits per heavy atom. The number of hydrogen-bond acceptors (Lipinski definition) is 0. The first-order valence-corrected chi connectivity index (χ1v) is 29.6. The Balaban J connectivity index is 4.02. The zero-order chi connectivity index (χ0) is 32.8. The number of allylic oxidation sites excluding steroid dienone is 4. The second kappa shape index (κ2) is 38.7. The molecule has 0 rings (SSSR count). The first kappa shape index (κ1) is 45.3. The van der Waals surface area contributed by atoms with E-state index >= 15 is 0 Å². The van der Waals surface area contributed by atoms with Crippen molar-refractivity contribution in [2.24, 2.45) is 0 Å². The third-order valence-corrected chi connectivity index (χ3v) is 26.7. The quantitative estimate of drug-likeness (QED) is 0.0336. The summed E-state index contributed by atoms with van der Waals surface area (Å²) >= 11 is -1.96. The van der Waals surface area contributed by atoms with Gasteiger partial charge in [-0.15, -0.1) is 0 Å². The summed E-state index contributed by atoms with van der Waals surface area (Å²) in [6.07, 6.45) is 56.0. The molecule has 0 saturated heterocycles. The van der Waals surface area contributed by atoms with E-state index < -0.39 is 18.4 Å². The molecule has 0 amide bonds. The fraction of sp³-hybridized carbons (Fsp3) is 0.909. The van der Waals surface area contributed by atoms with Gasteiger partial charge in [-0.3, -0.25) is 0 Å². The zero-order valence-corrected chi connectivity index (χ0v) is 35.1. The van der Waals surface area contributed by atoms with Gasteiger partial charge in [0, 0.05) is 0 Å². The van der Waals surface area contributed by atoms with Crippen LogP contribution in [0.2, 0.25) is 17.7 Å². The van der Waals surface area contributed by atoms with Crippen molar-refractivity contribution in [3.05, 3.63) is 24.3 Å². The van der Waals surface area contributed by atoms with Gasteiger partial charge in [0.25, 0.3) is 0 Å². The maximum absolute atomic E-state index is 2.48. The van der Waals surface area contributed by atoms with Crippen molar-refractivity contribution in [2.75, 3.05) is 0 Å². The smallest absolute Gasteiger partial charge is 0.0654 e. The van der Waals surface area contributed by atoms with E-state index in [9.17, 15) is 0 Å². The molecule has 268 valence electrons. The van der Waals surface area contributed by atoms with E-state index in [1.165, 1.54) is 180 Å². The third kappa shape index (κ3) is 34.0. The predicted octanol–water partition coefficient (Wildman–Crippen LogP) is 17.1. The molecule has 0 N–H and O–H groups in total. The van der Waals surface area contributed by atoms with Crippen LogP contribution < -0.4 is 0 Å². The van der Waals surface area contributed by atoms with E-state index in [-0.39, 0.29) is 0 Å². The topological polar surface area (TPSA) is 0 Å². The van der Waals surface area contributed by atoms with Crippen LogP contribution in [0.15, 0.2) is 24.3 Å². The third-order valence-electron chi connectivity index (χ3n) is 10.6. The molecule has 0 aliphatic rings. The van der Waals surface area contributed by atoms with E-state index in [4.69, 9.17) is 0 Å². The molecule has 0 aromatic rings. The first-order valence-electron chi connectivity index (χ1n) is 21.5. The number of rotatable bonds is 38. The van der Waals surface area contributed by atoms with Crippen LogP contribution in [0, 0.1) is 0 Å². The summed E-state index contributed by atoms with van der Waals surface area (Å²) < 4.78 is 6.87. The van der Waals surface area contributed by atoms with Gasteiger partial charge >= 0.3 is 216 Å². The van der Waals surface area contributed by atoms with Crippen LogP contribution in [0.3, 0.4) is 0 Å². The molecule has 0 heterocycles. The molecule has 0 saturated carbocycles. The normalized spacial score (nSPS) is 12.4. The van der Waals surface area contributed by atoms with Gasteiger partial charge in [-0.2, -0.15) is 0 Å². The average Bonchev–Trinajstić information content (AvgIpc) is 3.05. The fourth-order valence-electron chi connectivity index (χ4n) is 7.35. The Hall–Kier alpha value is 0.279. The first-order chi connectivity index (χ1) is 22.2. The molecule has 1 heteroatoms. The van der Waals surface area contributed by atoms with E-state index in [1.807, 2.05) is 0 Å². The minimum absolute atomic E-state index is 1.31. The molecule has 0 aliphatic carbocycles. The van der Waals surface area contributed by atoms with Crippen molar-refractivity contribution in [3.8, 4) is 0 Å². The maximum atomic E-state index is 2.48. The summed E-state index contributed by atoms with van der Waals surface area (Å²) in [5, 5.41) is 0. The molecule has 0 spiro atoms. The van der Waals surface area contributed by atoms with Crippen molar-refractivity contribution >= 4 is 18.4 Å². The van der Waals surface area contributed by atoms with Crippen molar-refractivity contribution in [1.82, 2.24) is 0 Å². The summed E-state index contributed by atoms with van der Waals surface area (Å²) in [4.78, 5) is 0. The van der Waals surface area contributed by atoms with Crippen LogP contribution >= 0.6 is 0 Å². The van der Waals surface area contributed by atoms with Crippen LogP contribution in [-0.2, 0) is 0 Å². The van der Waals surface area contributed by atoms with Gasteiger partial charge < -0.3 is 0 Å². The summed E-state index contributed by atoms with van der Waals surface area (Å²) in [6.45, 7) is 9.48. The average molecular weight is 736 g/mol. The molecular formula is C44H88Sn. The minimum Gasteiger partial charge on any atom is -0.0654 e. The van der Waals surface area contributed by atoms with Crippen LogP contribution in [0.5, 0.6) is 0 Å². The molecule has 45 heavy (non-hydrogen) atoms. The van der Waals surface area contributed by atoms with Crippen molar-refractivity contribution < 1.29 is 0 Å². The molecule has 0 unspecified atom stereocenters. The van der Waals surface area contributed by atoms with Crippen molar-refractivity contribution in [3.63, 3.8) is 0 Å². The standard InChI is InChI=1S/2C18H35.2C4H9.Sn/c2*1-3-5-7-9-11-13-15-17-18-16-14-12-10-8-6-4-2;2*1-3-4-2;/h2*17-18H,1,3-16H2,2H3;2*1,3-4H2,2H3;/b2*18-17-;;;. The monoisotopic (exact) mass is 737 g/mol. The van der Waals surface area contributed by atoms with Gasteiger partial charge in [0.2, 0.25) is 0 Å². The summed E-state index contributed by atoms with van der Waals surface area (Å²) in [5.74, 6) is 0. The van der Waals surface area contributed by atoms with Gasteiger partial charge in [-0.1, -0.05) is 78.1 Å². The second-order valence-corrected chi connectivity index (χ2v) is 29.4. The molecule has 0 bridgehead atoms. The molecule has 0 aliphatic heterocycles. The van der Waals surface area contributed by atoms with Crippen molar-refractivity contribution in [1.29, 1.82) is 0 Å². The van der Waals surface area contributed by atoms with Crippen LogP contribution in [0.25, 0.3) is 0 Å². The molecule has 0 aromatic heterocycles. The SMILES string of the molecule is CCCCCCCC/C=C\CCCCCCC[CH2][Sn]([CH2]CCC)([CH2]CCC)[CH2]CCCCCCC/C=C\CCCCCCCC. The Bertz CT molecular complexity index is 538. The molecule has 0 radical (unpaired) electrons. The predicted molar refractivity (Wildman–Crippen MR) is 214 cm³/mol.